The number of hydrogen-bond donors (Lipinski definition) is 2. The summed E-state index contributed by atoms with van der Waals surface area (Å²) in [5, 5.41) is 6.23. The number of hydrogen-bond acceptors (Lipinski definition) is 4. The van der Waals surface area contributed by atoms with Gasteiger partial charge in [0.15, 0.2) is 5.96 Å². The van der Waals surface area contributed by atoms with Crippen molar-refractivity contribution in [3.63, 3.8) is 0 Å². The lowest BCUT2D eigenvalue weighted by Crippen LogP contribution is -2.36. The van der Waals surface area contributed by atoms with E-state index in [-0.39, 0.29) is 18.2 Å². The van der Waals surface area contributed by atoms with Crippen LogP contribution >= 0.6 is 0 Å². The summed E-state index contributed by atoms with van der Waals surface area (Å²) < 4.78 is 35.2. The zero-order valence-electron chi connectivity index (χ0n) is 18.1. The van der Waals surface area contributed by atoms with Crippen molar-refractivity contribution in [1.29, 1.82) is 0 Å². The van der Waals surface area contributed by atoms with Crippen molar-refractivity contribution < 1.29 is 23.0 Å². The molecule has 1 amide bonds. The molecule has 9 heteroatoms. The number of ether oxygens (including phenoxy) is 2. The average Bonchev–Trinajstić information content (AvgIpc) is 2.75. The van der Waals surface area contributed by atoms with Gasteiger partial charge in [-0.05, 0) is 36.8 Å². The molecule has 0 radical (unpaired) electrons. The van der Waals surface area contributed by atoms with Crippen LogP contribution in [0.3, 0.4) is 0 Å². The fourth-order valence-corrected chi connectivity index (χ4v) is 2.72. The quantitative estimate of drug-likeness (QED) is 0.468. The Kier molecular flexibility index (Phi) is 9.05. The van der Waals surface area contributed by atoms with Gasteiger partial charge >= 0.3 is 6.61 Å². The molecular weight excluding hydrogens is 406 g/mol. The summed E-state index contributed by atoms with van der Waals surface area (Å²) in [5.41, 5.74) is 2.07. The highest BCUT2D eigenvalue weighted by Crippen LogP contribution is 2.26. The molecule has 31 heavy (non-hydrogen) atoms. The highest BCUT2D eigenvalue weighted by Gasteiger charge is 2.12. The normalized spacial score (nSPS) is 11.3. The fourth-order valence-electron chi connectivity index (χ4n) is 2.72. The number of aliphatic imine (C=N–C) groups is 1. The van der Waals surface area contributed by atoms with Crippen molar-refractivity contribution in [2.45, 2.75) is 26.6 Å². The fraction of sp³-hybridized carbons (Fsp3) is 0.364. The van der Waals surface area contributed by atoms with E-state index < -0.39 is 6.61 Å². The first-order valence-corrected chi connectivity index (χ1v) is 9.78. The van der Waals surface area contributed by atoms with Gasteiger partial charge in [0, 0.05) is 44.4 Å². The Morgan fingerprint density at radius 1 is 1.13 bits per heavy atom. The van der Waals surface area contributed by atoms with Gasteiger partial charge < -0.3 is 25.0 Å². The minimum atomic E-state index is -2.94. The van der Waals surface area contributed by atoms with Gasteiger partial charge in [-0.3, -0.25) is 4.79 Å². The van der Waals surface area contributed by atoms with Crippen molar-refractivity contribution in [1.82, 2.24) is 15.5 Å². The molecule has 0 unspecified atom stereocenters. The predicted octanol–water partition coefficient (Wildman–Crippen LogP) is 3.25. The molecule has 7 nitrogen and oxygen atoms in total. The van der Waals surface area contributed by atoms with Crippen LogP contribution in [0, 0.1) is 0 Å². The minimum absolute atomic E-state index is 0.0406. The van der Waals surface area contributed by atoms with Gasteiger partial charge in [0.25, 0.3) is 5.91 Å². The Balaban J connectivity index is 2.07. The summed E-state index contributed by atoms with van der Waals surface area (Å²) in [6, 6.07) is 12.0. The molecule has 2 aromatic carbocycles. The molecule has 0 aliphatic heterocycles. The third-order valence-corrected chi connectivity index (χ3v) is 4.31. The third kappa shape index (κ3) is 7.44. The standard InChI is InChI=1S/C22H28F2N4O3/c1-5-25-22(26-13-15-6-8-16(9-7-15)20(29)28(2)3)27-14-17-10-11-18(30-4)12-19(17)31-21(23)24/h6-12,21H,5,13-14H2,1-4H3,(H2,25,26,27). The summed E-state index contributed by atoms with van der Waals surface area (Å²) in [6.07, 6.45) is 0. The molecule has 0 spiro atoms. The second-order valence-electron chi connectivity index (χ2n) is 6.80. The lowest BCUT2D eigenvalue weighted by molar-refractivity contribution is -0.0505. The molecule has 0 aliphatic rings. The van der Waals surface area contributed by atoms with E-state index in [1.807, 2.05) is 19.1 Å². The highest BCUT2D eigenvalue weighted by molar-refractivity contribution is 5.93. The second kappa shape index (κ2) is 11.7. The van der Waals surface area contributed by atoms with Crippen molar-refractivity contribution in [2.75, 3.05) is 27.7 Å². The van der Waals surface area contributed by atoms with E-state index in [2.05, 4.69) is 20.4 Å². The van der Waals surface area contributed by atoms with Crippen molar-refractivity contribution in [3.05, 3.63) is 59.2 Å². The maximum atomic E-state index is 12.7. The molecule has 0 fully saturated rings. The number of nitrogens with zero attached hydrogens (tertiary/aromatic N) is 2. The number of rotatable bonds is 9. The van der Waals surface area contributed by atoms with Crippen LogP contribution in [-0.2, 0) is 13.1 Å². The van der Waals surface area contributed by atoms with Gasteiger partial charge in [-0.15, -0.1) is 0 Å². The zero-order chi connectivity index (χ0) is 22.8. The molecule has 2 rings (SSSR count). The first-order valence-electron chi connectivity index (χ1n) is 9.78. The Morgan fingerprint density at radius 2 is 1.84 bits per heavy atom. The summed E-state index contributed by atoms with van der Waals surface area (Å²) in [7, 11) is 4.86. The monoisotopic (exact) mass is 434 g/mol. The Morgan fingerprint density at radius 3 is 2.42 bits per heavy atom. The minimum Gasteiger partial charge on any atom is -0.497 e. The van der Waals surface area contributed by atoms with E-state index in [9.17, 15) is 13.6 Å². The van der Waals surface area contributed by atoms with Crippen molar-refractivity contribution >= 4 is 11.9 Å². The number of halogens is 2. The van der Waals surface area contributed by atoms with Crippen LogP contribution in [0.2, 0.25) is 0 Å². The van der Waals surface area contributed by atoms with Crippen LogP contribution in [0.25, 0.3) is 0 Å². The Labute approximate surface area is 181 Å². The molecule has 0 saturated heterocycles. The number of guanidine groups is 1. The molecule has 0 bridgehead atoms. The number of carbonyl (C=O) groups excluding carboxylic acids is 1. The number of carbonyl (C=O) groups is 1. The summed E-state index contributed by atoms with van der Waals surface area (Å²) in [6.45, 7) is 0.237. The van der Waals surface area contributed by atoms with Crippen molar-refractivity contribution in [3.8, 4) is 11.5 Å². The Bertz CT molecular complexity index is 887. The maximum Gasteiger partial charge on any atom is 0.387 e. The van der Waals surface area contributed by atoms with Crippen LogP contribution < -0.4 is 20.1 Å². The first kappa shape index (κ1) is 23.9. The molecule has 168 valence electrons. The molecule has 0 aliphatic carbocycles. The summed E-state index contributed by atoms with van der Waals surface area (Å²) in [5.74, 6) is 0.927. The number of nitrogens with one attached hydrogen (secondary N) is 2. The zero-order valence-corrected chi connectivity index (χ0v) is 18.1. The molecular formula is C22H28F2N4O3. The van der Waals surface area contributed by atoms with Gasteiger partial charge in [0.05, 0.1) is 13.7 Å². The van der Waals surface area contributed by atoms with Crippen LogP contribution in [0.4, 0.5) is 8.78 Å². The van der Waals surface area contributed by atoms with E-state index >= 15 is 0 Å². The van der Waals surface area contributed by atoms with Gasteiger partial charge in [-0.25, -0.2) is 4.99 Å². The van der Waals surface area contributed by atoms with Crippen LogP contribution in [0.1, 0.15) is 28.4 Å². The van der Waals surface area contributed by atoms with Crippen LogP contribution in [0.5, 0.6) is 11.5 Å². The largest absolute Gasteiger partial charge is 0.497 e. The molecule has 2 aromatic rings. The average molecular weight is 434 g/mol. The number of alkyl halides is 2. The van der Waals surface area contributed by atoms with Gasteiger partial charge in [0.1, 0.15) is 11.5 Å². The molecule has 0 saturated carbocycles. The smallest absolute Gasteiger partial charge is 0.387 e. The summed E-state index contributed by atoms with van der Waals surface area (Å²) in [4.78, 5) is 18.0. The lowest BCUT2D eigenvalue weighted by Gasteiger charge is -2.15. The first-order chi connectivity index (χ1) is 14.8. The molecule has 2 N–H and O–H groups in total. The highest BCUT2D eigenvalue weighted by atomic mass is 19.3. The molecule has 0 atom stereocenters. The topological polar surface area (TPSA) is 75.2 Å². The van der Waals surface area contributed by atoms with E-state index in [1.54, 1.807) is 38.4 Å². The maximum absolute atomic E-state index is 12.7. The van der Waals surface area contributed by atoms with Crippen LogP contribution in [-0.4, -0.2) is 51.1 Å². The lowest BCUT2D eigenvalue weighted by atomic mass is 10.1. The van der Waals surface area contributed by atoms with Gasteiger partial charge in [0.2, 0.25) is 0 Å². The summed E-state index contributed by atoms with van der Waals surface area (Å²) >= 11 is 0. The third-order valence-electron chi connectivity index (χ3n) is 4.31. The van der Waals surface area contributed by atoms with Gasteiger partial charge in [-0.1, -0.05) is 12.1 Å². The van der Waals surface area contributed by atoms with E-state index in [4.69, 9.17) is 4.74 Å². The SMILES string of the molecule is CCNC(=NCc1ccc(C(=O)N(C)C)cc1)NCc1ccc(OC)cc1OC(F)F. The van der Waals surface area contributed by atoms with Crippen LogP contribution in [0.15, 0.2) is 47.5 Å². The number of benzene rings is 2. The van der Waals surface area contributed by atoms with E-state index in [0.717, 1.165) is 5.56 Å². The Hall–Kier alpha value is -3.36. The van der Waals surface area contributed by atoms with E-state index in [0.29, 0.717) is 35.9 Å². The molecule has 0 aromatic heterocycles. The van der Waals surface area contributed by atoms with Gasteiger partial charge in [-0.2, -0.15) is 8.78 Å². The molecule has 0 heterocycles. The predicted molar refractivity (Wildman–Crippen MR) is 116 cm³/mol. The number of amides is 1. The number of methoxy groups -OCH3 is 1. The van der Waals surface area contributed by atoms with E-state index in [1.165, 1.54) is 18.1 Å². The van der Waals surface area contributed by atoms with Crippen molar-refractivity contribution in [2.24, 2.45) is 4.99 Å². The second-order valence-corrected chi connectivity index (χ2v) is 6.80.